The molecular formula is C15H19N3. The summed E-state index contributed by atoms with van der Waals surface area (Å²) in [5, 5.41) is 9.06. The van der Waals surface area contributed by atoms with Gasteiger partial charge >= 0.3 is 0 Å². The van der Waals surface area contributed by atoms with Crippen LogP contribution in [0.4, 0.5) is 11.4 Å². The van der Waals surface area contributed by atoms with E-state index in [1.165, 1.54) is 25.7 Å². The van der Waals surface area contributed by atoms with Crippen molar-refractivity contribution in [2.75, 3.05) is 23.7 Å². The summed E-state index contributed by atoms with van der Waals surface area (Å²) in [4.78, 5) is 2.41. The lowest BCUT2D eigenvalue weighted by atomic mass is 10.1. The minimum absolute atomic E-state index is 0.601. The first kappa shape index (κ1) is 11.4. The van der Waals surface area contributed by atoms with Crippen LogP contribution in [-0.2, 0) is 0 Å². The number of nitriles is 1. The Balaban J connectivity index is 1.85. The number of nitrogen functional groups attached to an aromatic ring is 1. The fourth-order valence-electron chi connectivity index (χ4n) is 2.42. The van der Waals surface area contributed by atoms with Gasteiger partial charge in [-0.15, -0.1) is 0 Å². The third kappa shape index (κ3) is 2.43. The van der Waals surface area contributed by atoms with E-state index in [0.29, 0.717) is 11.3 Å². The normalized spacial score (nSPS) is 18.4. The maximum atomic E-state index is 9.06. The Morgan fingerprint density at radius 3 is 2.28 bits per heavy atom. The van der Waals surface area contributed by atoms with Gasteiger partial charge in [0.05, 0.1) is 16.9 Å². The molecule has 0 aliphatic heterocycles. The molecule has 0 spiro atoms. The molecule has 0 heterocycles. The zero-order valence-corrected chi connectivity index (χ0v) is 10.6. The molecule has 3 nitrogen and oxygen atoms in total. The molecule has 1 aromatic carbocycles. The largest absolute Gasteiger partial charge is 0.396 e. The molecule has 2 aliphatic carbocycles. The summed E-state index contributed by atoms with van der Waals surface area (Å²) in [6, 6.07) is 7.97. The van der Waals surface area contributed by atoms with Crippen molar-refractivity contribution in [3.8, 4) is 6.07 Å². The van der Waals surface area contributed by atoms with Gasteiger partial charge in [0.25, 0.3) is 0 Å². The highest BCUT2D eigenvalue weighted by atomic mass is 15.1. The lowest BCUT2D eigenvalue weighted by Gasteiger charge is -2.26. The van der Waals surface area contributed by atoms with Gasteiger partial charge in [0, 0.05) is 13.1 Å². The molecule has 3 rings (SSSR count). The van der Waals surface area contributed by atoms with Crippen LogP contribution >= 0.6 is 0 Å². The van der Waals surface area contributed by atoms with E-state index in [1.807, 2.05) is 6.07 Å². The molecule has 0 atom stereocenters. The third-order valence-corrected chi connectivity index (χ3v) is 3.90. The second kappa shape index (κ2) is 4.53. The average molecular weight is 241 g/mol. The van der Waals surface area contributed by atoms with Crippen LogP contribution in [-0.4, -0.2) is 13.1 Å². The molecule has 1 aromatic rings. The van der Waals surface area contributed by atoms with Gasteiger partial charge in [0.1, 0.15) is 6.07 Å². The maximum absolute atomic E-state index is 9.06. The fourth-order valence-corrected chi connectivity index (χ4v) is 2.42. The highest BCUT2D eigenvalue weighted by Crippen LogP contribution is 2.37. The second-order valence-corrected chi connectivity index (χ2v) is 5.64. The zero-order chi connectivity index (χ0) is 12.5. The van der Waals surface area contributed by atoms with Gasteiger partial charge in [0.15, 0.2) is 0 Å². The number of nitrogens with zero attached hydrogens (tertiary/aromatic N) is 2. The van der Waals surface area contributed by atoms with E-state index >= 15 is 0 Å². The molecule has 2 N–H and O–H groups in total. The lowest BCUT2D eigenvalue weighted by Crippen LogP contribution is -2.29. The zero-order valence-electron chi connectivity index (χ0n) is 10.6. The monoisotopic (exact) mass is 241 g/mol. The summed E-state index contributed by atoms with van der Waals surface area (Å²) in [6.45, 7) is 2.21. The Morgan fingerprint density at radius 1 is 1.17 bits per heavy atom. The van der Waals surface area contributed by atoms with Crippen molar-refractivity contribution in [1.29, 1.82) is 5.26 Å². The van der Waals surface area contributed by atoms with E-state index < -0.39 is 0 Å². The Morgan fingerprint density at radius 2 is 1.78 bits per heavy atom. The smallest absolute Gasteiger partial charge is 0.101 e. The van der Waals surface area contributed by atoms with E-state index in [2.05, 4.69) is 17.0 Å². The van der Waals surface area contributed by atoms with Crippen LogP contribution in [0.15, 0.2) is 18.2 Å². The molecule has 0 radical (unpaired) electrons. The molecule has 0 saturated heterocycles. The first-order chi connectivity index (χ1) is 8.78. The molecular weight excluding hydrogens is 222 g/mol. The van der Waals surface area contributed by atoms with Gasteiger partial charge in [-0.05, 0) is 49.7 Å². The first-order valence-electron chi connectivity index (χ1n) is 6.81. The molecule has 3 heteroatoms. The second-order valence-electron chi connectivity index (χ2n) is 5.64. The molecule has 0 amide bonds. The Hall–Kier alpha value is -1.69. The summed E-state index contributed by atoms with van der Waals surface area (Å²) in [5.41, 5.74) is 8.44. The van der Waals surface area contributed by atoms with Gasteiger partial charge in [-0.3, -0.25) is 0 Å². The van der Waals surface area contributed by atoms with Crippen LogP contribution in [0.3, 0.4) is 0 Å². The fraction of sp³-hybridized carbons (Fsp3) is 0.533. The van der Waals surface area contributed by atoms with Crippen LogP contribution in [0, 0.1) is 23.2 Å². The van der Waals surface area contributed by atoms with Crippen LogP contribution in [0.2, 0.25) is 0 Å². The van der Waals surface area contributed by atoms with Crippen molar-refractivity contribution in [3.63, 3.8) is 0 Å². The highest BCUT2D eigenvalue weighted by Gasteiger charge is 2.30. The maximum Gasteiger partial charge on any atom is 0.101 e. The minimum Gasteiger partial charge on any atom is -0.396 e. The van der Waals surface area contributed by atoms with Crippen LogP contribution < -0.4 is 10.6 Å². The molecule has 0 bridgehead atoms. The highest BCUT2D eigenvalue weighted by molar-refractivity contribution is 5.74. The predicted octanol–water partition coefficient (Wildman–Crippen LogP) is 2.77. The van der Waals surface area contributed by atoms with Crippen LogP contribution in [0.25, 0.3) is 0 Å². The molecule has 0 aromatic heterocycles. The van der Waals surface area contributed by atoms with Gasteiger partial charge in [-0.25, -0.2) is 0 Å². The van der Waals surface area contributed by atoms with Gasteiger partial charge < -0.3 is 10.6 Å². The number of para-hydroxylation sites is 1. The van der Waals surface area contributed by atoms with Crippen molar-refractivity contribution in [2.24, 2.45) is 11.8 Å². The summed E-state index contributed by atoms with van der Waals surface area (Å²) in [5.74, 6) is 1.68. The molecule has 2 saturated carbocycles. The van der Waals surface area contributed by atoms with E-state index in [-0.39, 0.29) is 0 Å². The van der Waals surface area contributed by atoms with Crippen molar-refractivity contribution in [1.82, 2.24) is 0 Å². The Bertz CT molecular complexity index is 467. The molecule has 2 aliphatic rings. The Kier molecular flexibility index (Phi) is 2.87. The van der Waals surface area contributed by atoms with Crippen LogP contribution in [0.1, 0.15) is 31.2 Å². The molecule has 2 fully saturated rings. The number of nitrogens with two attached hydrogens (primary N) is 1. The Labute approximate surface area is 108 Å². The number of hydrogen-bond donors (Lipinski definition) is 1. The van der Waals surface area contributed by atoms with Gasteiger partial charge in [-0.2, -0.15) is 5.26 Å². The van der Waals surface area contributed by atoms with E-state index in [1.54, 1.807) is 6.07 Å². The summed E-state index contributed by atoms with van der Waals surface area (Å²) < 4.78 is 0. The minimum atomic E-state index is 0.601. The topological polar surface area (TPSA) is 53.0 Å². The van der Waals surface area contributed by atoms with Crippen molar-refractivity contribution in [3.05, 3.63) is 23.8 Å². The summed E-state index contributed by atoms with van der Waals surface area (Å²) in [6.07, 6.45) is 5.38. The van der Waals surface area contributed by atoms with Crippen molar-refractivity contribution < 1.29 is 0 Å². The van der Waals surface area contributed by atoms with E-state index in [0.717, 1.165) is 30.6 Å². The quantitative estimate of drug-likeness (QED) is 0.806. The van der Waals surface area contributed by atoms with Gasteiger partial charge in [0.2, 0.25) is 0 Å². The third-order valence-electron chi connectivity index (χ3n) is 3.90. The van der Waals surface area contributed by atoms with E-state index in [4.69, 9.17) is 11.0 Å². The standard InChI is InChI=1S/C15H19N3/c16-8-13-2-1-3-14(15(13)17)18(9-11-4-5-11)10-12-6-7-12/h1-3,11-12H,4-7,9-10,17H2. The molecule has 18 heavy (non-hydrogen) atoms. The summed E-state index contributed by atoms with van der Waals surface area (Å²) >= 11 is 0. The van der Waals surface area contributed by atoms with Crippen molar-refractivity contribution in [2.45, 2.75) is 25.7 Å². The first-order valence-corrected chi connectivity index (χ1v) is 6.81. The molecule has 0 unspecified atom stereocenters. The van der Waals surface area contributed by atoms with Crippen LogP contribution in [0.5, 0.6) is 0 Å². The number of benzene rings is 1. The average Bonchev–Trinajstić information content (AvgIpc) is 3.24. The van der Waals surface area contributed by atoms with Gasteiger partial charge in [-0.1, -0.05) is 6.07 Å². The molecule has 94 valence electrons. The number of anilines is 2. The van der Waals surface area contributed by atoms with Crippen molar-refractivity contribution >= 4 is 11.4 Å². The lowest BCUT2D eigenvalue weighted by molar-refractivity contribution is 0.680. The van der Waals surface area contributed by atoms with E-state index in [9.17, 15) is 0 Å². The predicted molar refractivity (Wildman–Crippen MR) is 73.2 cm³/mol. The number of rotatable bonds is 5. The SMILES string of the molecule is N#Cc1cccc(N(CC2CC2)CC2CC2)c1N. The summed E-state index contributed by atoms with van der Waals surface area (Å²) in [7, 11) is 0. The number of hydrogen-bond acceptors (Lipinski definition) is 3.